The predicted molar refractivity (Wildman–Crippen MR) is 133 cm³/mol. The van der Waals surface area contributed by atoms with Crippen LogP contribution in [0, 0.1) is 11.3 Å². The number of piperazine rings is 1. The molecule has 1 aliphatic rings. The molecule has 4 heterocycles. The van der Waals surface area contributed by atoms with Gasteiger partial charge in [0.25, 0.3) is 0 Å². The van der Waals surface area contributed by atoms with E-state index in [2.05, 4.69) is 20.9 Å². The Hall–Kier alpha value is -4.16. The van der Waals surface area contributed by atoms with Crippen LogP contribution in [0.4, 0.5) is 5.00 Å². The van der Waals surface area contributed by atoms with Crippen molar-refractivity contribution < 1.29 is 4.79 Å². The largest absolute Gasteiger partial charge is 0.358 e. The Balaban J connectivity index is 1.16. The summed E-state index contributed by atoms with van der Waals surface area (Å²) < 4.78 is 1.88. The van der Waals surface area contributed by atoms with E-state index in [1.165, 1.54) is 0 Å². The Labute approximate surface area is 199 Å². The quantitative estimate of drug-likeness (QED) is 0.433. The molecule has 5 aromatic rings. The smallest absolute Gasteiger partial charge is 0.242 e. The van der Waals surface area contributed by atoms with Gasteiger partial charge in [-0.1, -0.05) is 24.3 Å². The lowest BCUT2D eigenvalue weighted by Gasteiger charge is -2.35. The summed E-state index contributed by atoms with van der Waals surface area (Å²) in [7, 11) is 0. The topological polar surface area (TPSA) is 93.8 Å². The molecule has 1 N–H and O–H groups in total. The lowest BCUT2D eigenvalue weighted by Crippen LogP contribution is -2.49. The van der Waals surface area contributed by atoms with Crippen LogP contribution in [0.3, 0.4) is 0 Å². The van der Waals surface area contributed by atoms with E-state index < -0.39 is 0 Å². The first-order chi connectivity index (χ1) is 16.7. The number of nitrogens with zero attached hydrogens (tertiary/aromatic N) is 6. The zero-order valence-corrected chi connectivity index (χ0v) is 19.1. The molecule has 0 unspecified atom stereocenters. The Morgan fingerprint density at radius 3 is 2.76 bits per heavy atom. The average molecular weight is 468 g/mol. The van der Waals surface area contributed by atoms with Gasteiger partial charge in [0.05, 0.1) is 27.6 Å². The minimum absolute atomic E-state index is 0.0618. The number of aromatic nitrogens is 4. The number of benzene rings is 2. The molecule has 0 bridgehead atoms. The van der Waals surface area contributed by atoms with Gasteiger partial charge in [-0.2, -0.15) is 5.26 Å². The van der Waals surface area contributed by atoms with E-state index in [9.17, 15) is 10.1 Å². The number of amides is 1. The highest BCUT2D eigenvalue weighted by atomic mass is 32.1. The van der Waals surface area contributed by atoms with Crippen molar-refractivity contribution >= 4 is 44.2 Å². The van der Waals surface area contributed by atoms with Crippen LogP contribution >= 0.6 is 11.3 Å². The third kappa shape index (κ3) is 3.49. The van der Waals surface area contributed by atoms with E-state index in [0.29, 0.717) is 18.7 Å². The van der Waals surface area contributed by atoms with Crippen LogP contribution in [0.2, 0.25) is 0 Å². The number of para-hydroxylation sites is 3. The van der Waals surface area contributed by atoms with Crippen LogP contribution in [0.1, 0.15) is 5.56 Å². The van der Waals surface area contributed by atoms with Crippen LogP contribution in [-0.2, 0) is 11.3 Å². The first-order valence-corrected chi connectivity index (χ1v) is 12.0. The van der Waals surface area contributed by atoms with Crippen LogP contribution in [0.5, 0.6) is 0 Å². The van der Waals surface area contributed by atoms with Gasteiger partial charge in [-0.15, -0.1) is 11.3 Å². The minimum atomic E-state index is 0.0618. The second-order valence-corrected chi connectivity index (χ2v) is 9.11. The predicted octanol–water partition coefficient (Wildman–Crippen LogP) is 3.86. The van der Waals surface area contributed by atoms with Gasteiger partial charge >= 0.3 is 0 Å². The number of carbonyl (C=O) groups excluding carboxylic acids is 1. The number of anilines is 1. The van der Waals surface area contributed by atoms with Crippen molar-refractivity contribution in [3.8, 4) is 17.6 Å². The molecule has 1 aliphatic heterocycles. The molecule has 1 fully saturated rings. The summed E-state index contributed by atoms with van der Waals surface area (Å²) in [6, 6.07) is 17.8. The summed E-state index contributed by atoms with van der Waals surface area (Å²) in [4.78, 5) is 29.9. The van der Waals surface area contributed by atoms with E-state index in [-0.39, 0.29) is 12.5 Å². The van der Waals surface area contributed by atoms with Crippen molar-refractivity contribution in [3.05, 3.63) is 65.8 Å². The SMILES string of the molecule is N#Cc1cccc2ccn(CC(=O)N3CCN(c4scnc4-c4nc5ccccc5[nH]4)CC3)c12. The summed E-state index contributed by atoms with van der Waals surface area (Å²) in [5.41, 5.74) is 6.01. The molecule has 0 aliphatic carbocycles. The fraction of sp³-hybridized carbons (Fsp3) is 0.200. The van der Waals surface area contributed by atoms with Gasteiger partial charge < -0.3 is 19.4 Å². The maximum Gasteiger partial charge on any atom is 0.242 e. The Kier molecular flexibility index (Phi) is 5.00. The van der Waals surface area contributed by atoms with E-state index in [1.54, 1.807) is 17.4 Å². The third-order valence-corrected chi connectivity index (χ3v) is 7.18. The van der Waals surface area contributed by atoms with Crippen molar-refractivity contribution in [3.63, 3.8) is 0 Å². The second-order valence-electron chi connectivity index (χ2n) is 8.28. The summed E-state index contributed by atoms with van der Waals surface area (Å²) in [5, 5.41) is 11.5. The number of hydrogen-bond acceptors (Lipinski definition) is 6. The van der Waals surface area contributed by atoms with Gasteiger partial charge in [-0.05, 0) is 24.3 Å². The van der Waals surface area contributed by atoms with Gasteiger partial charge in [-0.25, -0.2) is 9.97 Å². The first-order valence-electron chi connectivity index (χ1n) is 11.1. The molecule has 1 saturated heterocycles. The number of imidazole rings is 1. The van der Waals surface area contributed by atoms with Gasteiger partial charge in [0.1, 0.15) is 23.3 Å². The van der Waals surface area contributed by atoms with Crippen molar-refractivity contribution in [2.24, 2.45) is 0 Å². The molecule has 34 heavy (non-hydrogen) atoms. The van der Waals surface area contributed by atoms with Crippen molar-refractivity contribution in [1.82, 2.24) is 24.4 Å². The molecule has 168 valence electrons. The monoisotopic (exact) mass is 467 g/mol. The van der Waals surface area contributed by atoms with E-state index in [0.717, 1.165) is 51.5 Å². The molecule has 3 aromatic heterocycles. The molecule has 8 nitrogen and oxygen atoms in total. The fourth-order valence-electron chi connectivity index (χ4n) is 4.58. The summed E-state index contributed by atoms with van der Waals surface area (Å²) in [6.45, 7) is 2.97. The van der Waals surface area contributed by atoms with Crippen LogP contribution in [0.25, 0.3) is 33.5 Å². The normalized spacial score (nSPS) is 14.1. The molecular formula is C25H21N7OS. The highest BCUT2D eigenvalue weighted by Gasteiger charge is 2.25. The van der Waals surface area contributed by atoms with Gasteiger partial charge in [0.2, 0.25) is 5.91 Å². The number of thiazole rings is 1. The molecule has 1 amide bonds. The van der Waals surface area contributed by atoms with Crippen LogP contribution < -0.4 is 4.90 Å². The summed E-state index contributed by atoms with van der Waals surface area (Å²) in [6.07, 6.45) is 1.89. The maximum atomic E-state index is 13.1. The standard InChI is InChI=1S/C25H21N7OS/c26-14-18-5-3-4-17-8-9-32(23(17)18)15-21(33)30-10-12-31(13-11-30)25-22(27-16-34-25)24-28-19-6-1-2-7-20(19)29-24/h1-9,16H,10-13,15H2,(H,28,29). The number of H-pyrrole nitrogens is 1. The number of carbonyl (C=O) groups is 1. The summed E-state index contributed by atoms with van der Waals surface area (Å²) >= 11 is 1.60. The molecule has 0 spiro atoms. The lowest BCUT2D eigenvalue weighted by atomic mass is 10.1. The number of hydrogen-bond donors (Lipinski definition) is 1. The number of fused-ring (bicyclic) bond motifs is 2. The Morgan fingerprint density at radius 1 is 1.09 bits per heavy atom. The molecular weight excluding hydrogens is 446 g/mol. The van der Waals surface area contributed by atoms with E-state index in [1.807, 2.05) is 63.6 Å². The lowest BCUT2D eigenvalue weighted by molar-refractivity contribution is -0.132. The van der Waals surface area contributed by atoms with E-state index >= 15 is 0 Å². The zero-order valence-electron chi connectivity index (χ0n) is 18.3. The number of nitrogens with one attached hydrogen (secondary N) is 1. The second kappa shape index (κ2) is 8.32. The van der Waals surface area contributed by atoms with Gasteiger partial charge in [0, 0.05) is 37.8 Å². The Bertz CT molecular complexity index is 1520. The van der Waals surface area contributed by atoms with Gasteiger partial charge in [-0.3, -0.25) is 4.79 Å². The zero-order chi connectivity index (χ0) is 23.1. The van der Waals surface area contributed by atoms with E-state index in [4.69, 9.17) is 4.98 Å². The fourth-order valence-corrected chi connectivity index (χ4v) is 5.43. The molecule has 0 atom stereocenters. The number of rotatable bonds is 4. The van der Waals surface area contributed by atoms with Crippen molar-refractivity contribution in [2.45, 2.75) is 6.54 Å². The molecule has 0 saturated carbocycles. The van der Waals surface area contributed by atoms with Crippen molar-refractivity contribution in [1.29, 1.82) is 5.26 Å². The number of aromatic amines is 1. The Morgan fingerprint density at radius 2 is 1.94 bits per heavy atom. The highest BCUT2D eigenvalue weighted by molar-refractivity contribution is 7.14. The molecule has 0 radical (unpaired) electrons. The van der Waals surface area contributed by atoms with Crippen LogP contribution in [0.15, 0.2) is 60.2 Å². The first kappa shape index (κ1) is 20.4. The van der Waals surface area contributed by atoms with Gasteiger partial charge in [0.15, 0.2) is 5.82 Å². The number of nitriles is 1. The average Bonchev–Trinajstić information content (AvgIpc) is 3.62. The minimum Gasteiger partial charge on any atom is -0.358 e. The molecule has 2 aromatic carbocycles. The maximum absolute atomic E-state index is 13.1. The van der Waals surface area contributed by atoms with Crippen molar-refractivity contribution in [2.75, 3.05) is 31.1 Å². The van der Waals surface area contributed by atoms with Crippen LogP contribution in [-0.4, -0.2) is 56.5 Å². The molecule has 6 rings (SSSR count). The molecule has 9 heteroatoms. The highest BCUT2D eigenvalue weighted by Crippen LogP contribution is 2.33. The third-order valence-electron chi connectivity index (χ3n) is 6.30. The summed E-state index contributed by atoms with van der Waals surface area (Å²) in [5.74, 6) is 0.829.